The number of nitrogens with zero attached hydrogens (tertiary/aromatic N) is 1. The van der Waals surface area contributed by atoms with Crippen LogP contribution < -0.4 is 4.90 Å². The van der Waals surface area contributed by atoms with Crippen LogP contribution in [0.25, 0.3) is 0 Å². The number of anilines is 1. The zero-order valence-corrected chi connectivity index (χ0v) is 22.8. The van der Waals surface area contributed by atoms with Crippen molar-refractivity contribution >= 4 is 11.6 Å². The van der Waals surface area contributed by atoms with Crippen LogP contribution in [0.2, 0.25) is 0 Å². The van der Waals surface area contributed by atoms with Crippen LogP contribution >= 0.6 is 0 Å². The molecule has 1 aliphatic carbocycles. The molecular formula is C34H39NO4. The predicted molar refractivity (Wildman–Crippen MR) is 156 cm³/mol. The van der Waals surface area contributed by atoms with Gasteiger partial charge < -0.3 is 20.2 Å². The maximum Gasteiger partial charge on any atom is 0.258 e. The lowest BCUT2D eigenvalue weighted by atomic mass is 10.0. The molecule has 1 amide bonds. The van der Waals surface area contributed by atoms with Crippen molar-refractivity contribution < 1.29 is 20.1 Å². The third kappa shape index (κ3) is 7.95. The number of aryl methyl sites for hydroxylation is 1. The summed E-state index contributed by atoms with van der Waals surface area (Å²) < 4.78 is 0. The molecule has 5 nitrogen and oxygen atoms in total. The number of amides is 1. The van der Waals surface area contributed by atoms with Crippen molar-refractivity contribution in [3.05, 3.63) is 94.5 Å². The third-order valence-electron chi connectivity index (χ3n) is 7.57. The molecule has 0 aromatic heterocycles. The van der Waals surface area contributed by atoms with Crippen LogP contribution in [-0.4, -0.2) is 27.8 Å². The number of rotatable bonds is 10. The lowest BCUT2D eigenvalue weighted by Gasteiger charge is -2.24. The molecule has 0 radical (unpaired) electrons. The van der Waals surface area contributed by atoms with Crippen molar-refractivity contribution in [2.45, 2.75) is 71.0 Å². The Morgan fingerprint density at radius 2 is 1.56 bits per heavy atom. The monoisotopic (exact) mass is 525 g/mol. The van der Waals surface area contributed by atoms with Crippen molar-refractivity contribution in [3.8, 4) is 17.6 Å². The van der Waals surface area contributed by atoms with E-state index < -0.39 is 6.29 Å². The zero-order chi connectivity index (χ0) is 27.6. The molecule has 0 heterocycles. The second-order valence-corrected chi connectivity index (χ2v) is 10.5. The third-order valence-corrected chi connectivity index (χ3v) is 7.57. The highest BCUT2D eigenvalue weighted by Gasteiger charge is 2.21. The van der Waals surface area contributed by atoms with E-state index in [-0.39, 0.29) is 17.2 Å². The molecule has 3 aromatic carbocycles. The van der Waals surface area contributed by atoms with Crippen LogP contribution in [0.5, 0.6) is 5.75 Å². The standard InChI is InChI=1S/C34H39NO4/c1-2-3-7-26-11-13-27(14-12-26)15-16-28-17-19-29(20-18-28)33(37)35(23-6-10-25-8-4-5-9-25)30-21-22-31(34(38)39)32(36)24-30/h11-14,17-22,24-25,34,36,38-39H,2-10,23H2,1H3. The Labute approximate surface area is 232 Å². The van der Waals surface area contributed by atoms with E-state index in [0.29, 0.717) is 23.7 Å². The van der Waals surface area contributed by atoms with Gasteiger partial charge in [0, 0.05) is 40.6 Å². The second-order valence-electron chi connectivity index (χ2n) is 10.5. The number of aliphatic hydroxyl groups excluding tert-OH is 1. The molecule has 1 saturated carbocycles. The Bertz CT molecular complexity index is 1280. The first-order valence-corrected chi connectivity index (χ1v) is 14.2. The summed E-state index contributed by atoms with van der Waals surface area (Å²) >= 11 is 0. The van der Waals surface area contributed by atoms with E-state index in [1.807, 2.05) is 12.1 Å². The normalized spacial score (nSPS) is 13.3. The van der Waals surface area contributed by atoms with Gasteiger partial charge in [-0.3, -0.25) is 4.79 Å². The molecule has 39 heavy (non-hydrogen) atoms. The maximum atomic E-state index is 13.6. The van der Waals surface area contributed by atoms with Crippen molar-refractivity contribution in [2.24, 2.45) is 5.92 Å². The Morgan fingerprint density at radius 1 is 0.923 bits per heavy atom. The number of unbranched alkanes of at least 4 members (excludes halogenated alkanes) is 1. The van der Waals surface area contributed by atoms with Gasteiger partial charge in [0.05, 0.1) is 0 Å². The smallest absolute Gasteiger partial charge is 0.258 e. The Hall–Kier alpha value is -3.59. The van der Waals surface area contributed by atoms with Gasteiger partial charge in [-0.1, -0.05) is 63.0 Å². The fourth-order valence-electron chi connectivity index (χ4n) is 5.24. The van der Waals surface area contributed by atoms with Crippen molar-refractivity contribution in [3.63, 3.8) is 0 Å². The van der Waals surface area contributed by atoms with Gasteiger partial charge in [0.2, 0.25) is 0 Å². The SMILES string of the molecule is CCCCc1ccc(C#Cc2ccc(C(=O)N(CCCC3CCCC3)c3ccc(C(O)O)c(O)c3)cc2)cc1. The summed E-state index contributed by atoms with van der Waals surface area (Å²) in [6.07, 6.45) is 8.68. The number of hydrogen-bond donors (Lipinski definition) is 3. The summed E-state index contributed by atoms with van der Waals surface area (Å²) in [6, 6.07) is 20.2. The Morgan fingerprint density at radius 3 is 2.15 bits per heavy atom. The summed E-state index contributed by atoms with van der Waals surface area (Å²) in [4.78, 5) is 15.3. The Kier molecular flexibility index (Phi) is 10.2. The van der Waals surface area contributed by atoms with Gasteiger partial charge in [-0.15, -0.1) is 0 Å². The number of carbonyl (C=O) groups is 1. The van der Waals surface area contributed by atoms with E-state index in [1.54, 1.807) is 23.1 Å². The van der Waals surface area contributed by atoms with E-state index in [9.17, 15) is 20.1 Å². The van der Waals surface area contributed by atoms with Crippen LogP contribution in [0.4, 0.5) is 5.69 Å². The first-order valence-electron chi connectivity index (χ1n) is 14.2. The van der Waals surface area contributed by atoms with Gasteiger partial charge in [-0.2, -0.15) is 0 Å². The highest BCUT2D eigenvalue weighted by atomic mass is 16.5. The minimum absolute atomic E-state index is 0.00984. The minimum Gasteiger partial charge on any atom is -0.507 e. The van der Waals surface area contributed by atoms with Gasteiger partial charge in [0.1, 0.15) is 5.75 Å². The first-order chi connectivity index (χ1) is 18.9. The number of carbonyl (C=O) groups excluding carboxylic acids is 1. The van der Waals surface area contributed by atoms with Crippen molar-refractivity contribution in [1.82, 2.24) is 0 Å². The average molecular weight is 526 g/mol. The molecule has 5 heteroatoms. The van der Waals surface area contributed by atoms with Gasteiger partial charge >= 0.3 is 0 Å². The molecule has 0 atom stereocenters. The quantitative estimate of drug-likeness (QED) is 0.202. The summed E-state index contributed by atoms with van der Waals surface area (Å²) in [6.45, 7) is 2.71. The highest BCUT2D eigenvalue weighted by molar-refractivity contribution is 6.06. The van der Waals surface area contributed by atoms with E-state index in [4.69, 9.17) is 0 Å². The van der Waals surface area contributed by atoms with E-state index in [0.717, 1.165) is 30.4 Å². The molecule has 1 fully saturated rings. The van der Waals surface area contributed by atoms with Gasteiger partial charge in [-0.05, 0) is 85.7 Å². The lowest BCUT2D eigenvalue weighted by molar-refractivity contribution is -0.0438. The zero-order valence-electron chi connectivity index (χ0n) is 22.8. The number of phenolic OH excluding ortho intramolecular Hbond substituents is 1. The maximum absolute atomic E-state index is 13.6. The Balaban J connectivity index is 1.48. The number of aliphatic hydroxyl groups is 2. The van der Waals surface area contributed by atoms with Crippen LogP contribution in [0, 0.1) is 17.8 Å². The first kappa shape index (κ1) is 28.4. The van der Waals surface area contributed by atoms with Gasteiger partial charge in [0.15, 0.2) is 6.29 Å². The van der Waals surface area contributed by atoms with Crippen LogP contribution in [0.1, 0.15) is 97.2 Å². The molecule has 204 valence electrons. The number of phenols is 1. The van der Waals surface area contributed by atoms with Crippen molar-refractivity contribution in [2.75, 3.05) is 11.4 Å². The highest BCUT2D eigenvalue weighted by Crippen LogP contribution is 2.31. The molecule has 4 rings (SSSR count). The van der Waals surface area contributed by atoms with E-state index in [2.05, 4.69) is 43.0 Å². The fraction of sp³-hybridized carbons (Fsp3) is 0.382. The molecule has 1 aliphatic rings. The minimum atomic E-state index is -1.78. The molecule has 3 N–H and O–H groups in total. The van der Waals surface area contributed by atoms with Crippen LogP contribution in [0.3, 0.4) is 0 Å². The molecule has 0 spiro atoms. The number of hydrogen-bond acceptors (Lipinski definition) is 4. The molecule has 0 bridgehead atoms. The fourth-order valence-corrected chi connectivity index (χ4v) is 5.24. The average Bonchev–Trinajstić information content (AvgIpc) is 3.47. The van der Waals surface area contributed by atoms with Gasteiger partial charge in [-0.25, -0.2) is 0 Å². The number of aromatic hydroxyl groups is 1. The molecule has 3 aromatic rings. The lowest BCUT2D eigenvalue weighted by Crippen LogP contribution is -2.32. The summed E-state index contributed by atoms with van der Waals surface area (Å²) in [5, 5.41) is 29.3. The summed E-state index contributed by atoms with van der Waals surface area (Å²) in [5.74, 6) is 6.69. The largest absolute Gasteiger partial charge is 0.507 e. The van der Waals surface area contributed by atoms with Crippen LogP contribution in [0.15, 0.2) is 66.7 Å². The summed E-state index contributed by atoms with van der Waals surface area (Å²) in [7, 11) is 0. The van der Waals surface area contributed by atoms with Crippen LogP contribution in [-0.2, 0) is 6.42 Å². The van der Waals surface area contributed by atoms with Gasteiger partial charge in [0.25, 0.3) is 5.91 Å². The van der Waals surface area contributed by atoms with E-state index in [1.165, 1.54) is 56.2 Å². The molecule has 0 saturated heterocycles. The molecule has 0 aliphatic heterocycles. The van der Waals surface area contributed by atoms with Crippen molar-refractivity contribution in [1.29, 1.82) is 0 Å². The van der Waals surface area contributed by atoms with E-state index >= 15 is 0 Å². The summed E-state index contributed by atoms with van der Waals surface area (Å²) in [5.41, 5.74) is 4.18. The predicted octanol–water partition coefficient (Wildman–Crippen LogP) is 6.74. The molecule has 0 unspecified atom stereocenters. The topological polar surface area (TPSA) is 81.0 Å². The number of benzene rings is 3. The second kappa shape index (κ2) is 14.0. The molecular weight excluding hydrogens is 486 g/mol.